The van der Waals surface area contributed by atoms with Crippen LogP contribution in [0.15, 0.2) is 30.3 Å². The molecule has 4 atom stereocenters. The number of hydrogen-bond acceptors (Lipinski definition) is 5. The molecule has 6 heteroatoms. The Labute approximate surface area is 136 Å². The summed E-state index contributed by atoms with van der Waals surface area (Å²) in [5.74, 6) is 0.262. The van der Waals surface area contributed by atoms with Crippen LogP contribution in [0.5, 0.6) is 0 Å². The third-order valence-electron chi connectivity index (χ3n) is 4.79. The van der Waals surface area contributed by atoms with Gasteiger partial charge in [0.15, 0.2) is 0 Å². The van der Waals surface area contributed by atoms with Crippen LogP contribution in [0.1, 0.15) is 5.56 Å². The van der Waals surface area contributed by atoms with Crippen molar-refractivity contribution in [2.75, 3.05) is 34.0 Å². The molecule has 1 N–H and O–H groups in total. The van der Waals surface area contributed by atoms with Crippen molar-refractivity contribution in [3.63, 3.8) is 0 Å². The highest BCUT2D eigenvalue weighted by molar-refractivity contribution is 5.69. The third-order valence-corrected chi connectivity index (χ3v) is 4.79. The summed E-state index contributed by atoms with van der Waals surface area (Å²) in [4.78, 5) is 14.0. The lowest BCUT2D eigenvalue weighted by Crippen LogP contribution is -2.50. The summed E-state index contributed by atoms with van der Waals surface area (Å²) in [6.45, 7) is 2.45. The van der Waals surface area contributed by atoms with Crippen LogP contribution in [0, 0.1) is 5.92 Å². The average molecular weight is 320 g/mol. The van der Waals surface area contributed by atoms with Gasteiger partial charge in [-0.1, -0.05) is 30.3 Å². The summed E-state index contributed by atoms with van der Waals surface area (Å²) in [6, 6.07) is 10.4. The van der Waals surface area contributed by atoms with Gasteiger partial charge in [-0.3, -0.25) is 4.90 Å². The molecule has 0 aromatic heterocycles. The van der Waals surface area contributed by atoms with E-state index in [2.05, 4.69) is 17.4 Å². The van der Waals surface area contributed by atoms with Gasteiger partial charge in [-0.25, -0.2) is 4.79 Å². The van der Waals surface area contributed by atoms with Crippen molar-refractivity contribution in [2.24, 2.45) is 5.92 Å². The van der Waals surface area contributed by atoms with Crippen molar-refractivity contribution in [1.82, 2.24) is 10.2 Å². The number of methoxy groups -OCH3 is 2. The Bertz CT molecular complexity index is 525. The first kappa shape index (κ1) is 16.2. The van der Waals surface area contributed by atoms with Gasteiger partial charge < -0.3 is 19.5 Å². The van der Waals surface area contributed by atoms with Crippen molar-refractivity contribution < 1.29 is 19.0 Å². The summed E-state index contributed by atoms with van der Waals surface area (Å²) in [7, 11) is 3.08. The van der Waals surface area contributed by atoms with E-state index in [1.807, 2.05) is 18.2 Å². The Morgan fingerprint density at radius 2 is 2.09 bits per heavy atom. The number of benzene rings is 1. The monoisotopic (exact) mass is 320 g/mol. The maximum Gasteiger partial charge on any atom is 0.410 e. The van der Waals surface area contributed by atoms with Gasteiger partial charge in [0.1, 0.15) is 0 Å². The summed E-state index contributed by atoms with van der Waals surface area (Å²) in [5.41, 5.74) is 1.22. The van der Waals surface area contributed by atoms with E-state index < -0.39 is 0 Å². The number of ether oxygens (including phenoxy) is 3. The predicted octanol–water partition coefficient (Wildman–Crippen LogP) is 1.26. The lowest BCUT2D eigenvalue weighted by Gasteiger charge is -2.30. The van der Waals surface area contributed by atoms with Crippen molar-refractivity contribution in [3.05, 3.63) is 35.9 Å². The molecule has 2 saturated heterocycles. The molecule has 2 aliphatic heterocycles. The molecule has 0 radical (unpaired) electrons. The molecule has 1 aromatic carbocycles. The molecular weight excluding hydrogens is 296 g/mol. The molecule has 0 spiro atoms. The smallest absolute Gasteiger partial charge is 0.410 e. The molecule has 0 unspecified atom stereocenters. The van der Waals surface area contributed by atoms with E-state index in [4.69, 9.17) is 14.2 Å². The zero-order chi connectivity index (χ0) is 16.2. The van der Waals surface area contributed by atoms with Crippen molar-refractivity contribution in [1.29, 1.82) is 0 Å². The van der Waals surface area contributed by atoms with Gasteiger partial charge >= 0.3 is 6.09 Å². The molecule has 2 fully saturated rings. The number of nitrogens with one attached hydrogen (secondary N) is 1. The second kappa shape index (κ2) is 7.29. The van der Waals surface area contributed by atoms with Crippen molar-refractivity contribution in [3.8, 4) is 0 Å². The van der Waals surface area contributed by atoms with Gasteiger partial charge in [0, 0.05) is 25.6 Å². The van der Waals surface area contributed by atoms with Crippen molar-refractivity contribution in [2.45, 2.75) is 24.7 Å². The fourth-order valence-electron chi connectivity index (χ4n) is 3.74. The van der Waals surface area contributed by atoms with Crippen LogP contribution in [0.25, 0.3) is 0 Å². The molecule has 23 heavy (non-hydrogen) atoms. The molecule has 0 saturated carbocycles. The van der Waals surface area contributed by atoms with Crippen LogP contribution < -0.4 is 5.32 Å². The minimum atomic E-state index is -0.309. The Morgan fingerprint density at radius 1 is 1.30 bits per heavy atom. The highest BCUT2D eigenvalue weighted by Gasteiger charge is 2.53. The van der Waals surface area contributed by atoms with Crippen LogP contribution >= 0.6 is 0 Å². The summed E-state index contributed by atoms with van der Waals surface area (Å²) < 4.78 is 16.0. The van der Waals surface area contributed by atoms with E-state index in [-0.39, 0.29) is 30.1 Å². The Kier molecular flexibility index (Phi) is 5.15. The van der Waals surface area contributed by atoms with Gasteiger partial charge in [0.05, 0.1) is 39.0 Å². The van der Waals surface area contributed by atoms with Gasteiger partial charge in [-0.15, -0.1) is 0 Å². The lowest BCUT2D eigenvalue weighted by atomic mass is 9.96. The molecule has 1 aromatic rings. The fraction of sp³-hybridized carbons (Fsp3) is 0.588. The Balaban J connectivity index is 1.77. The molecule has 3 rings (SSSR count). The quantitative estimate of drug-likeness (QED) is 0.885. The van der Waals surface area contributed by atoms with Crippen LogP contribution in [-0.2, 0) is 20.8 Å². The van der Waals surface area contributed by atoms with Gasteiger partial charge in [-0.2, -0.15) is 0 Å². The van der Waals surface area contributed by atoms with Gasteiger partial charge in [0.25, 0.3) is 0 Å². The van der Waals surface area contributed by atoms with Gasteiger partial charge in [0.2, 0.25) is 0 Å². The van der Waals surface area contributed by atoms with Gasteiger partial charge in [-0.05, 0) is 5.56 Å². The SMILES string of the molecule is COC[C@H]1[C@@H](NCc2ccccc2)[C@H]2COC[C@H]2N1C(=O)OC. The molecule has 6 nitrogen and oxygen atoms in total. The normalized spacial score (nSPS) is 29.6. The first-order valence-electron chi connectivity index (χ1n) is 7.96. The first-order valence-corrected chi connectivity index (χ1v) is 7.96. The average Bonchev–Trinajstić information content (AvgIpc) is 3.14. The first-order chi connectivity index (χ1) is 11.3. The van der Waals surface area contributed by atoms with Crippen LogP contribution in [-0.4, -0.2) is 63.2 Å². The number of hydrogen-bond donors (Lipinski definition) is 1. The summed E-state index contributed by atoms with van der Waals surface area (Å²) >= 11 is 0. The summed E-state index contributed by atoms with van der Waals surface area (Å²) in [6.07, 6.45) is -0.309. The van der Waals surface area contributed by atoms with E-state index in [9.17, 15) is 4.79 Å². The molecule has 2 aliphatic rings. The maximum absolute atomic E-state index is 12.2. The van der Waals surface area contributed by atoms with E-state index in [1.165, 1.54) is 12.7 Å². The Morgan fingerprint density at radius 3 is 2.78 bits per heavy atom. The van der Waals surface area contributed by atoms with Crippen LogP contribution in [0.4, 0.5) is 4.79 Å². The molecule has 0 aliphatic carbocycles. The van der Waals surface area contributed by atoms with E-state index in [0.29, 0.717) is 19.8 Å². The van der Waals surface area contributed by atoms with E-state index >= 15 is 0 Å². The third kappa shape index (κ3) is 3.20. The Hall–Kier alpha value is -1.63. The topological polar surface area (TPSA) is 60.0 Å². The number of carbonyl (C=O) groups is 1. The molecular formula is C17H24N2O4. The minimum absolute atomic E-state index is 0.0462. The predicted molar refractivity (Wildman–Crippen MR) is 85.1 cm³/mol. The largest absolute Gasteiger partial charge is 0.453 e. The molecule has 2 heterocycles. The maximum atomic E-state index is 12.2. The standard InChI is InChI=1S/C17H24N2O4/c1-21-10-15-16(18-8-12-6-4-3-5-7-12)13-9-23-11-14(13)19(15)17(20)22-2/h3-7,13-16,18H,8-11H2,1-2H3/t13-,14+,15-,16-/m0/s1. The van der Waals surface area contributed by atoms with E-state index in [1.54, 1.807) is 12.0 Å². The molecule has 0 bridgehead atoms. The number of amides is 1. The number of likely N-dealkylation sites (tertiary alicyclic amines) is 1. The second-order valence-electron chi connectivity index (χ2n) is 6.06. The minimum Gasteiger partial charge on any atom is -0.453 e. The number of nitrogens with zero attached hydrogens (tertiary/aromatic N) is 1. The number of carbonyl (C=O) groups excluding carboxylic acids is 1. The molecule has 1 amide bonds. The summed E-state index contributed by atoms with van der Waals surface area (Å²) in [5, 5.41) is 3.60. The highest BCUT2D eigenvalue weighted by atomic mass is 16.5. The van der Waals surface area contributed by atoms with Crippen LogP contribution in [0.3, 0.4) is 0 Å². The zero-order valence-electron chi connectivity index (χ0n) is 13.6. The van der Waals surface area contributed by atoms with Crippen LogP contribution in [0.2, 0.25) is 0 Å². The number of fused-ring (bicyclic) bond motifs is 1. The second-order valence-corrected chi connectivity index (χ2v) is 6.06. The number of rotatable bonds is 5. The van der Waals surface area contributed by atoms with Crippen molar-refractivity contribution >= 4 is 6.09 Å². The lowest BCUT2D eigenvalue weighted by molar-refractivity contribution is 0.0516. The fourth-order valence-corrected chi connectivity index (χ4v) is 3.74. The molecule has 126 valence electrons. The zero-order valence-corrected chi connectivity index (χ0v) is 13.6. The van der Waals surface area contributed by atoms with E-state index in [0.717, 1.165) is 6.54 Å². The highest BCUT2D eigenvalue weighted by Crippen LogP contribution is 2.35.